The predicted octanol–water partition coefficient (Wildman–Crippen LogP) is 5.19. The number of nitrogens with one attached hydrogen (secondary N) is 1. The summed E-state index contributed by atoms with van der Waals surface area (Å²) in [4.78, 5) is 7.38. The van der Waals surface area contributed by atoms with Crippen LogP contribution in [0.15, 0.2) is 59.3 Å². The lowest BCUT2D eigenvalue weighted by Gasteiger charge is -2.12. The lowest BCUT2D eigenvalue weighted by atomic mass is 10.0. The van der Waals surface area contributed by atoms with Crippen molar-refractivity contribution < 1.29 is 4.74 Å². The van der Waals surface area contributed by atoms with Gasteiger partial charge >= 0.3 is 0 Å². The van der Waals surface area contributed by atoms with Gasteiger partial charge in [0.05, 0.1) is 11.6 Å². The van der Waals surface area contributed by atoms with Gasteiger partial charge in [-0.25, -0.2) is 4.98 Å². The predicted molar refractivity (Wildman–Crippen MR) is 105 cm³/mol. The Bertz CT molecular complexity index is 885. The monoisotopic (exact) mass is 409 g/mol. The van der Waals surface area contributed by atoms with Gasteiger partial charge in [0.25, 0.3) is 0 Å². The normalized spacial score (nSPS) is 10.5. The first-order chi connectivity index (χ1) is 12.7. The van der Waals surface area contributed by atoms with Gasteiger partial charge in [0.2, 0.25) is 0 Å². The van der Waals surface area contributed by atoms with Crippen molar-refractivity contribution in [3.8, 4) is 11.8 Å². The van der Waals surface area contributed by atoms with E-state index in [2.05, 4.69) is 32.0 Å². The van der Waals surface area contributed by atoms with Crippen molar-refractivity contribution in [3.63, 3.8) is 0 Å². The number of nitrogens with zero attached hydrogens (tertiary/aromatic N) is 2. The van der Waals surface area contributed by atoms with Gasteiger partial charge in [-0.1, -0.05) is 34.1 Å². The average Bonchev–Trinajstić information content (AvgIpc) is 3.17. The minimum Gasteiger partial charge on any atom is -0.489 e. The van der Waals surface area contributed by atoms with Gasteiger partial charge in [-0.2, -0.15) is 5.26 Å². The van der Waals surface area contributed by atoms with E-state index in [1.807, 2.05) is 48.7 Å². The van der Waals surface area contributed by atoms with E-state index in [4.69, 9.17) is 4.74 Å². The van der Waals surface area contributed by atoms with Crippen molar-refractivity contribution in [2.45, 2.75) is 32.3 Å². The Morgan fingerprint density at radius 2 is 2.00 bits per heavy atom. The Kier molecular flexibility index (Phi) is 6.45. The van der Waals surface area contributed by atoms with Crippen LogP contribution in [0.1, 0.15) is 35.4 Å². The number of H-pyrrole nitrogens is 1. The number of ether oxygens (including phenoxy) is 1. The second-order valence-corrected chi connectivity index (χ2v) is 7.01. The highest BCUT2D eigenvalue weighted by Gasteiger charge is 2.07. The van der Waals surface area contributed by atoms with Gasteiger partial charge in [0.1, 0.15) is 18.2 Å². The second kappa shape index (κ2) is 9.21. The molecule has 0 saturated heterocycles. The number of halogens is 1. The molecule has 2 aromatic carbocycles. The third-order valence-corrected chi connectivity index (χ3v) is 4.64. The topological polar surface area (TPSA) is 61.7 Å². The molecule has 1 aromatic heterocycles. The van der Waals surface area contributed by atoms with Crippen LogP contribution in [0, 0.1) is 11.3 Å². The molecule has 0 bridgehead atoms. The maximum absolute atomic E-state index is 9.17. The Morgan fingerprint density at radius 1 is 1.12 bits per heavy atom. The highest BCUT2D eigenvalue weighted by molar-refractivity contribution is 9.10. The van der Waals surface area contributed by atoms with E-state index in [1.165, 1.54) is 0 Å². The summed E-state index contributed by atoms with van der Waals surface area (Å²) in [5.74, 6) is 1.82. The van der Waals surface area contributed by atoms with Crippen LogP contribution < -0.4 is 4.74 Å². The van der Waals surface area contributed by atoms with Gasteiger partial charge in [-0.15, -0.1) is 0 Å². The molecule has 0 spiro atoms. The van der Waals surface area contributed by atoms with Crippen molar-refractivity contribution in [2.24, 2.45) is 0 Å². The van der Waals surface area contributed by atoms with E-state index in [0.29, 0.717) is 12.2 Å². The fraction of sp³-hybridized carbons (Fsp3) is 0.238. The Hall–Kier alpha value is -2.58. The van der Waals surface area contributed by atoms with E-state index >= 15 is 0 Å². The maximum atomic E-state index is 9.17. The molecule has 3 aromatic rings. The summed E-state index contributed by atoms with van der Waals surface area (Å²) < 4.78 is 7.06. The number of aromatic nitrogens is 2. The lowest BCUT2D eigenvalue weighted by molar-refractivity contribution is 0.302. The number of aromatic amines is 1. The zero-order valence-electron chi connectivity index (χ0n) is 14.4. The number of aryl methyl sites for hydroxylation is 2. The fourth-order valence-corrected chi connectivity index (χ4v) is 3.24. The molecule has 132 valence electrons. The van der Waals surface area contributed by atoms with Gasteiger partial charge < -0.3 is 9.72 Å². The van der Waals surface area contributed by atoms with Crippen LogP contribution in [0.2, 0.25) is 0 Å². The number of imidazole rings is 1. The van der Waals surface area contributed by atoms with Crippen molar-refractivity contribution in [1.82, 2.24) is 9.97 Å². The molecular formula is C21H20BrN3O. The van der Waals surface area contributed by atoms with Crippen molar-refractivity contribution in [3.05, 3.63) is 81.8 Å². The molecule has 0 fully saturated rings. The fourth-order valence-electron chi connectivity index (χ4n) is 2.80. The summed E-state index contributed by atoms with van der Waals surface area (Å²) in [5, 5.41) is 9.17. The minimum atomic E-state index is 0.480. The Labute approximate surface area is 162 Å². The summed E-state index contributed by atoms with van der Waals surface area (Å²) in [7, 11) is 0. The van der Waals surface area contributed by atoms with Crippen molar-refractivity contribution >= 4 is 15.9 Å². The number of nitriles is 1. The zero-order chi connectivity index (χ0) is 18.2. The molecule has 0 aliphatic rings. The third-order valence-electron chi connectivity index (χ3n) is 4.14. The largest absolute Gasteiger partial charge is 0.489 e. The molecule has 0 aliphatic carbocycles. The molecule has 0 unspecified atom stereocenters. The smallest absolute Gasteiger partial charge is 0.124 e. The van der Waals surface area contributed by atoms with Crippen LogP contribution in [-0.2, 0) is 19.4 Å². The van der Waals surface area contributed by atoms with E-state index < -0.39 is 0 Å². The van der Waals surface area contributed by atoms with E-state index in [0.717, 1.165) is 52.9 Å². The molecule has 0 aliphatic heterocycles. The van der Waals surface area contributed by atoms with Crippen LogP contribution >= 0.6 is 15.9 Å². The average molecular weight is 410 g/mol. The van der Waals surface area contributed by atoms with E-state index in [9.17, 15) is 5.26 Å². The van der Waals surface area contributed by atoms with Crippen LogP contribution in [0.4, 0.5) is 0 Å². The lowest BCUT2D eigenvalue weighted by Crippen LogP contribution is -2.00. The number of rotatable bonds is 8. The molecule has 26 heavy (non-hydrogen) atoms. The standard InChI is InChI=1S/C21H20BrN3O/c22-19-6-3-4-17(12-19)15-26-20-13-16(14-23)8-9-18(20)5-1-2-7-21-24-10-11-25-21/h3-4,6,8-13H,1-2,5,7,15H2,(H,24,25). The molecule has 1 N–H and O–H groups in total. The molecular weight excluding hydrogens is 390 g/mol. The second-order valence-electron chi connectivity index (χ2n) is 6.10. The number of hydrogen-bond donors (Lipinski definition) is 1. The molecule has 4 nitrogen and oxygen atoms in total. The minimum absolute atomic E-state index is 0.480. The summed E-state index contributed by atoms with van der Waals surface area (Å²) in [6.45, 7) is 0.480. The summed E-state index contributed by atoms with van der Waals surface area (Å²) in [6, 6.07) is 15.9. The number of unbranched alkanes of at least 4 members (excludes halogenated alkanes) is 1. The van der Waals surface area contributed by atoms with Gasteiger partial charge in [0.15, 0.2) is 0 Å². The molecule has 0 atom stereocenters. The first kappa shape index (κ1) is 18.2. The van der Waals surface area contributed by atoms with Gasteiger partial charge in [0, 0.05) is 23.3 Å². The molecule has 0 amide bonds. The van der Waals surface area contributed by atoms with E-state index in [1.54, 1.807) is 6.20 Å². The highest BCUT2D eigenvalue weighted by atomic mass is 79.9. The van der Waals surface area contributed by atoms with Crippen LogP contribution in [-0.4, -0.2) is 9.97 Å². The van der Waals surface area contributed by atoms with Crippen molar-refractivity contribution in [1.29, 1.82) is 5.26 Å². The zero-order valence-corrected chi connectivity index (χ0v) is 16.0. The van der Waals surface area contributed by atoms with Crippen LogP contribution in [0.25, 0.3) is 0 Å². The maximum Gasteiger partial charge on any atom is 0.124 e. The Morgan fingerprint density at radius 3 is 2.77 bits per heavy atom. The molecule has 1 heterocycles. The molecule has 0 saturated carbocycles. The summed E-state index contributed by atoms with van der Waals surface area (Å²) >= 11 is 3.48. The molecule has 5 heteroatoms. The Balaban J connectivity index is 1.62. The highest BCUT2D eigenvalue weighted by Crippen LogP contribution is 2.24. The van der Waals surface area contributed by atoms with E-state index in [-0.39, 0.29) is 0 Å². The summed E-state index contributed by atoms with van der Waals surface area (Å²) in [6.07, 6.45) is 7.59. The van der Waals surface area contributed by atoms with Crippen LogP contribution in [0.3, 0.4) is 0 Å². The molecule has 3 rings (SSSR count). The van der Waals surface area contributed by atoms with Crippen molar-refractivity contribution in [2.75, 3.05) is 0 Å². The summed E-state index contributed by atoms with van der Waals surface area (Å²) in [5.41, 5.74) is 2.84. The number of benzene rings is 2. The number of hydrogen-bond acceptors (Lipinski definition) is 3. The van der Waals surface area contributed by atoms with Gasteiger partial charge in [-0.05, 0) is 54.7 Å². The van der Waals surface area contributed by atoms with Crippen LogP contribution in [0.5, 0.6) is 5.75 Å². The van der Waals surface area contributed by atoms with Gasteiger partial charge in [-0.3, -0.25) is 0 Å². The first-order valence-electron chi connectivity index (χ1n) is 8.63. The quantitative estimate of drug-likeness (QED) is 0.520. The SMILES string of the molecule is N#Cc1ccc(CCCCc2ncc[nH]2)c(OCc2cccc(Br)c2)c1. The first-order valence-corrected chi connectivity index (χ1v) is 9.42. The molecule has 0 radical (unpaired) electrons. The third kappa shape index (κ3) is 5.21.